The van der Waals surface area contributed by atoms with Crippen LogP contribution in [-0.2, 0) is 4.79 Å². The molecule has 16 heavy (non-hydrogen) atoms. The maximum absolute atomic E-state index is 11.1. The summed E-state index contributed by atoms with van der Waals surface area (Å²) < 4.78 is 0. The summed E-state index contributed by atoms with van der Waals surface area (Å²) in [5.74, 6) is -0.732. The van der Waals surface area contributed by atoms with Gasteiger partial charge in [-0.05, 0) is 32.4 Å². The number of likely N-dealkylation sites (N-methyl/N-ethyl adjacent to an activating group) is 1. The zero-order valence-corrected chi connectivity index (χ0v) is 10.4. The molecule has 1 aliphatic rings. The van der Waals surface area contributed by atoms with Crippen molar-refractivity contribution in [2.75, 3.05) is 19.6 Å². The van der Waals surface area contributed by atoms with Crippen LogP contribution in [-0.4, -0.2) is 47.7 Å². The van der Waals surface area contributed by atoms with E-state index in [0.29, 0.717) is 19.1 Å². The second-order valence-electron chi connectivity index (χ2n) is 4.53. The Balaban J connectivity index is 2.40. The Morgan fingerprint density at radius 3 is 2.62 bits per heavy atom. The van der Waals surface area contributed by atoms with E-state index in [-0.39, 0.29) is 0 Å². The molecule has 1 saturated carbocycles. The van der Waals surface area contributed by atoms with Gasteiger partial charge in [-0.25, -0.2) is 0 Å². The standard InChI is InChI=1S/C12H24N2O2/c1-3-5-8-14(10-6-7-10)9-11(12(15)16)13-4-2/h10-11,13H,3-9H2,1-2H3,(H,15,16). The molecule has 0 aromatic heterocycles. The van der Waals surface area contributed by atoms with Gasteiger partial charge in [-0.15, -0.1) is 0 Å². The van der Waals surface area contributed by atoms with E-state index < -0.39 is 12.0 Å². The Bertz CT molecular complexity index is 217. The second-order valence-corrected chi connectivity index (χ2v) is 4.53. The van der Waals surface area contributed by atoms with Gasteiger partial charge in [-0.1, -0.05) is 20.3 Å². The van der Waals surface area contributed by atoms with E-state index in [0.717, 1.165) is 13.0 Å². The van der Waals surface area contributed by atoms with E-state index in [1.807, 2.05) is 6.92 Å². The fourth-order valence-corrected chi connectivity index (χ4v) is 1.93. The molecule has 4 nitrogen and oxygen atoms in total. The van der Waals surface area contributed by atoms with Gasteiger partial charge in [0.15, 0.2) is 0 Å². The van der Waals surface area contributed by atoms with Crippen LogP contribution in [0.2, 0.25) is 0 Å². The number of nitrogens with zero attached hydrogens (tertiary/aromatic N) is 1. The van der Waals surface area contributed by atoms with Crippen molar-refractivity contribution in [3.05, 3.63) is 0 Å². The molecule has 0 heterocycles. The third-order valence-electron chi connectivity index (χ3n) is 3.03. The van der Waals surface area contributed by atoms with E-state index >= 15 is 0 Å². The third-order valence-corrected chi connectivity index (χ3v) is 3.03. The lowest BCUT2D eigenvalue weighted by Crippen LogP contribution is -2.47. The van der Waals surface area contributed by atoms with Crippen LogP contribution < -0.4 is 5.32 Å². The van der Waals surface area contributed by atoms with Crippen molar-refractivity contribution in [2.24, 2.45) is 0 Å². The summed E-state index contributed by atoms with van der Waals surface area (Å²) in [7, 11) is 0. The largest absolute Gasteiger partial charge is 0.480 e. The van der Waals surface area contributed by atoms with Gasteiger partial charge in [0.2, 0.25) is 0 Å². The first-order valence-corrected chi connectivity index (χ1v) is 6.39. The predicted molar refractivity (Wildman–Crippen MR) is 64.6 cm³/mol. The maximum atomic E-state index is 11.1. The van der Waals surface area contributed by atoms with Crippen LogP contribution in [0.25, 0.3) is 0 Å². The van der Waals surface area contributed by atoms with Gasteiger partial charge in [0.1, 0.15) is 6.04 Å². The first-order chi connectivity index (χ1) is 7.69. The molecular weight excluding hydrogens is 204 g/mol. The molecule has 0 radical (unpaired) electrons. The van der Waals surface area contributed by atoms with Gasteiger partial charge in [-0.3, -0.25) is 9.69 Å². The van der Waals surface area contributed by atoms with E-state index in [4.69, 9.17) is 5.11 Å². The molecule has 0 aliphatic heterocycles. The van der Waals surface area contributed by atoms with Crippen LogP contribution in [0.15, 0.2) is 0 Å². The summed E-state index contributed by atoms with van der Waals surface area (Å²) in [6.45, 7) is 6.51. The molecule has 4 heteroatoms. The van der Waals surface area contributed by atoms with Crippen LogP contribution in [0.3, 0.4) is 0 Å². The Kier molecular flexibility index (Phi) is 5.77. The summed E-state index contributed by atoms with van der Waals surface area (Å²) in [6, 6.07) is 0.231. The number of hydrogen-bond acceptors (Lipinski definition) is 3. The summed E-state index contributed by atoms with van der Waals surface area (Å²) in [4.78, 5) is 13.4. The van der Waals surface area contributed by atoms with Gasteiger partial charge in [0.25, 0.3) is 0 Å². The second kappa shape index (κ2) is 6.86. The molecule has 0 aromatic rings. The molecule has 0 saturated heterocycles. The first kappa shape index (κ1) is 13.5. The number of nitrogens with one attached hydrogen (secondary N) is 1. The van der Waals surface area contributed by atoms with Crippen molar-refractivity contribution in [2.45, 2.75) is 51.6 Å². The lowest BCUT2D eigenvalue weighted by atomic mass is 10.2. The zero-order valence-electron chi connectivity index (χ0n) is 10.4. The molecule has 0 bridgehead atoms. The minimum Gasteiger partial charge on any atom is -0.480 e. The van der Waals surface area contributed by atoms with Gasteiger partial charge >= 0.3 is 5.97 Å². The molecule has 1 rings (SSSR count). The summed E-state index contributed by atoms with van der Waals surface area (Å²) in [5, 5.41) is 12.1. The highest BCUT2D eigenvalue weighted by molar-refractivity contribution is 5.73. The lowest BCUT2D eigenvalue weighted by Gasteiger charge is -2.25. The zero-order chi connectivity index (χ0) is 12.0. The van der Waals surface area contributed by atoms with Crippen molar-refractivity contribution in [3.8, 4) is 0 Å². The smallest absolute Gasteiger partial charge is 0.322 e. The maximum Gasteiger partial charge on any atom is 0.322 e. The molecule has 1 aliphatic carbocycles. The molecule has 0 amide bonds. The minimum atomic E-state index is -0.732. The van der Waals surface area contributed by atoms with E-state index in [2.05, 4.69) is 17.1 Å². The van der Waals surface area contributed by atoms with Crippen LogP contribution in [0.1, 0.15) is 39.5 Å². The Morgan fingerprint density at radius 2 is 2.19 bits per heavy atom. The highest BCUT2D eigenvalue weighted by atomic mass is 16.4. The Morgan fingerprint density at radius 1 is 1.50 bits per heavy atom. The van der Waals surface area contributed by atoms with Crippen molar-refractivity contribution in [3.63, 3.8) is 0 Å². The highest BCUT2D eigenvalue weighted by Crippen LogP contribution is 2.27. The summed E-state index contributed by atoms with van der Waals surface area (Å²) >= 11 is 0. The number of carboxylic acids is 1. The SMILES string of the molecule is CCCCN(CC(NCC)C(=O)O)C1CC1. The highest BCUT2D eigenvalue weighted by Gasteiger charge is 2.31. The summed E-state index contributed by atoms with van der Waals surface area (Å²) in [6.07, 6.45) is 4.81. The molecular formula is C12H24N2O2. The van der Waals surface area contributed by atoms with Crippen molar-refractivity contribution in [1.29, 1.82) is 0 Å². The van der Waals surface area contributed by atoms with Gasteiger partial charge in [0.05, 0.1) is 0 Å². The molecule has 1 atom stereocenters. The normalized spacial score (nSPS) is 17.7. The van der Waals surface area contributed by atoms with E-state index in [1.54, 1.807) is 0 Å². The van der Waals surface area contributed by atoms with Crippen molar-refractivity contribution < 1.29 is 9.90 Å². The number of hydrogen-bond donors (Lipinski definition) is 2. The van der Waals surface area contributed by atoms with E-state index in [9.17, 15) is 4.79 Å². The number of unbranched alkanes of at least 4 members (excludes halogenated alkanes) is 1. The monoisotopic (exact) mass is 228 g/mol. The fraction of sp³-hybridized carbons (Fsp3) is 0.917. The first-order valence-electron chi connectivity index (χ1n) is 6.39. The van der Waals surface area contributed by atoms with Crippen LogP contribution in [0.5, 0.6) is 0 Å². The predicted octanol–water partition coefficient (Wildman–Crippen LogP) is 1.31. The molecule has 94 valence electrons. The third kappa shape index (κ3) is 4.49. The molecule has 2 N–H and O–H groups in total. The molecule has 1 unspecified atom stereocenters. The fourth-order valence-electron chi connectivity index (χ4n) is 1.93. The average molecular weight is 228 g/mol. The summed E-state index contributed by atoms with van der Waals surface area (Å²) in [5.41, 5.74) is 0. The lowest BCUT2D eigenvalue weighted by molar-refractivity contribution is -0.140. The number of carboxylic acid groups (broad SMARTS) is 1. The van der Waals surface area contributed by atoms with Gasteiger partial charge < -0.3 is 10.4 Å². The van der Waals surface area contributed by atoms with Crippen LogP contribution in [0.4, 0.5) is 0 Å². The van der Waals surface area contributed by atoms with E-state index in [1.165, 1.54) is 19.3 Å². The Hall–Kier alpha value is -0.610. The Labute approximate surface area is 98.0 Å². The average Bonchev–Trinajstić information content (AvgIpc) is 3.06. The molecule has 0 aromatic carbocycles. The van der Waals surface area contributed by atoms with Gasteiger partial charge in [0, 0.05) is 12.6 Å². The van der Waals surface area contributed by atoms with Crippen LogP contribution in [0, 0.1) is 0 Å². The molecule has 1 fully saturated rings. The van der Waals surface area contributed by atoms with Crippen molar-refractivity contribution in [1.82, 2.24) is 10.2 Å². The molecule has 0 spiro atoms. The van der Waals surface area contributed by atoms with Crippen LogP contribution >= 0.6 is 0 Å². The minimum absolute atomic E-state index is 0.414. The quantitative estimate of drug-likeness (QED) is 0.625. The van der Waals surface area contributed by atoms with Gasteiger partial charge in [-0.2, -0.15) is 0 Å². The number of rotatable bonds is 9. The van der Waals surface area contributed by atoms with Crippen molar-refractivity contribution >= 4 is 5.97 Å². The number of aliphatic carboxylic acids is 1. The topological polar surface area (TPSA) is 52.6 Å². The number of carbonyl (C=O) groups is 1.